The van der Waals surface area contributed by atoms with Gasteiger partial charge in [-0.1, -0.05) is 92.9 Å². The summed E-state index contributed by atoms with van der Waals surface area (Å²) in [6.07, 6.45) is 2.70. The lowest BCUT2D eigenvalue weighted by Crippen LogP contribution is -2.29. The molecular formula is C38H40ClNOSi. The maximum atomic E-state index is 14.7. The molecule has 0 aliphatic rings. The van der Waals surface area contributed by atoms with Gasteiger partial charge in [0, 0.05) is 28.1 Å². The Balaban J connectivity index is 1.87. The van der Waals surface area contributed by atoms with Crippen LogP contribution in [-0.4, -0.2) is 18.5 Å². The molecule has 2 nitrogen and oxygen atoms in total. The number of hydrogen-bond acceptors (Lipinski definition) is 1. The number of aromatic nitrogens is 1. The number of hydrogen-bond donors (Lipinski definition) is 0. The van der Waals surface area contributed by atoms with Crippen LogP contribution in [0.5, 0.6) is 0 Å². The molecule has 0 aliphatic heterocycles. The third-order valence-corrected chi connectivity index (χ3v) is 13.9. The van der Waals surface area contributed by atoms with Crippen molar-refractivity contribution in [2.24, 2.45) is 0 Å². The molecular weight excluding hydrogens is 550 g/mol. The van der Waals surface area contributed by atoms with E-state index in [9.17, 15) is 4.79 Å². The standard InChI is InChI=1S/C38H40ClNOSi/c1-5-42(6-2,7-3)26-24-29-20-23-33-35(16-10-11-25-39)37(34-17-12-14-30-13-8-9-15-32(30)34)40(38(41)36(33)27-29)31-21-18-28(4)19-22-31/h8-9,12-15,17-23,27H,5-7,10-11,16,25H2,1-4H3. The molecule has 5 rings (SSSR count). The SMILES string of the molecule is CC[Si](C#Cc1ccc2c(CCCCCl)c(-c3cccc4ccccc34)n(-c3ccc(C)cc3)c(=O)c2c1)(CC)CC. The van der Waals surface area contributed by atoms with Gasteiger partial charge in [0.05, 0.1) is 5.69 Å². The zero-order valence-corrected chi connectivity index (χ0v) is 27.0. The van der Waals surface area contributed by atoms with E-state index in [4.69, 9.17) is 11.6 Å². The van der Waals surface area contributed by atoms with Gasteiger partial charge in [0.15, 0.2) is 0 Å². The second-order valence-electron chi connectivity index (χ2n) is 11.3. The van der Waals surface area contributed by atoms with Gasteiger partial charge in [0.25, 0.3) is 5.56 Å². The molecule has 1 aromatic heterocycles. The summed E-state index contributed by atoms with van der Waals surface area (Å²) in [4.78, 5) is 14.7. The molecule has 4 aromatic carbocycles. The fourth-order valence-electron chi connectivity index (χ4n) is 6.07. The van der Waals surface area contributed by atoms with Gasteiger partial charge in [-0.2, -0.15) is 0 Å². The number of pyridine rings is 1. The molecule has 0 saturated carbocycles. The minimum Gasteiger partial charge on any atom is -0.276 e. The smallest absolute Gasteiger partial charge is 0.263 e. The minimum atomic E-state index is -1.62. The van der Waals surface area contributed by atoms with Gasteiger partial charge >= 0.3 is 0 Å². The zero-order valence-electron chi connectivity index (χ0n) is 25.3. The van der Waals surface area contributed by atoms with Crippen LogP contribution in [0.2, 0.25) is 18.1 Å². The van der Waals surface area contributed by atoms with Crippen LogP contribution < -0.4 is 5.56 Å². The highest BCUT2D eigenvalue weighted by Crippen LogP contribution is 2.36. The van der Waals surface area contributed by atoms with Crippen LogP contribution in [-0.2, 0) is 6.42 Å². The van der Waals surface area contributed by atoms with Crippen LogP contribution in [0, 0.1) is 18.4 Å². The Morgan fingerprint density at radius 1 is 0.786 bits per heavy atom. The van der Waals surface area contributed by atoms with Crippen LogP contribution in [0.4, 0.5) is 0 Å². The van der Waals surface area contributed by atoms with Crippen molar-refractivity contribution in [1.29, 1.82) is 0 Å². The van der Waals surface area contributed by atoms with Gasteiger partial charge < -0.3 is 0 Å². The Hall–Kier alpha value is -3.58. The highest BCUT2D eigenvalue weighted by atomic mass is 35.5. The van der Waals surface area contributed by atoms with E-state index in [1.807, 2.05) is 10.6 Å². The number of fused-ring (bicyclic) bond motifs is 2. The summed E-state index contributed by atoms with van der Waals surface area (Å²) in [6, 6.07) is 32.9. The molecule has 0 saturated heterocycles. The first kappa shape index (κ1) is 29.9. The first-order valence-corrected chi connectivity index (χ1v) is 18.5. The third-order valence-electron chi connectivity index (χ3n) is 8.94. The van der Waals surface area contributed by atoms with Crippen molar-refractivity contribution in [3.05, 3.63) is 112 Å². The molecule has 0 spiro atoms. The topological polar surface area (TPSA) is 22.0 Å². The van der Waals surface area contributed by atoms with Crippen molar-refractivity contribution < 1.29 is 0 Å². The van der Waals surface area contributed by atoms with Gasteiger partial charge in [-0.25, -0.2) is 0 Å². The minimum absolute atomic E-state index is 0.00786. The number of halogens is 1. The molecule has 214 valence electrons. The van der Waals surface area contributed by atoms with Crippen molar-refractivity contribution in [2.75, 3.05) is 5.88 Å². The molecule has 1 heterocycles. The van der Waals surface area contributed by atoms with Crippen molar-refractivity contribution in [2.45, 2.75) is 65.1 Å². The molecule has 0 unspecified atom stereocenters. The first-order valence-electron chi connectivity index (χ1n) is 15.3. The number of alkyl halides is 1. The lowest BCUT2D eigenvalue weighted by molar-refractivity contribution is 0.797. The van der Waals surface area contributed by atoms with E-state index in [1.165, 1.54) is 5.56 Å². The summed E-state index contributed by atoms with van der Waals surface area (Å²) < 4.78 is 1.94. The number of aryl methyl sites for hydroxylation is 2. The highest BCUT2D eigenvalue weighted by molar-refractivity contribution is 6.87. The molecule has 42 heavy (non-hydrogen) atoms. The molecule has 0 N–H and O–H groups in total. The predicted octanol–water partition coefficient (Wildman–Crippen LogP) is 10.1. The molecule has 0 aliphatic carbocycles. The normalized spacial score (nSPS) is 11.5. The average Bonchev–Trinajstić information content (AvgIpc) is 3.03. The molecule has 0 amide bonds. The predicted molar refractivity (Wildman–Crippen MR) is 185 cm³/mol. The number of nitrogens with zero attached hydrogens (tertiary/aromatic N) is 1. The van der Waals surface area contributed by atoms with Crippen LogP contribution in [0.1, 0.15) is 50.3 Å². The van der Waals surface area contributed by atoms with Gasteiger partial charge in [-0.3, -0.25) is 9.36 Å². The quantitative estimate of drug-likeness (QED) is 0.0725. The van der Waals surface area contributed by atoms with Gasteiger partial charge in [-0.05, 0) is 90.3 Å². The summed E-state index contributed by atoms with van der Waals surface area (Å²) >= 11 is 6.15. The molecule has 5 aromatic rings. The monoisotopic (exact) mass is 589 g/mol. The molecule has 4 heteroatoms. The maximum Gasteiger partial charge on any atom is 0.263 e. The summed E-state index contributed by atoms with van der Waals surface area (Å²) in [5, 5.41) is 4.03. The van der Waals surface area contributed by atoms with E-state index >= 15 is 0 Å². The first-order chi connectivity index (χ1) is 20.4. The van der Waals surface area contributed by atoms with Crippen LogP contribution in [0.15, 0.2) is 89.7 Å². The molecule has 0 fully saturated rings. The van der Waals surface area contributed by atoms with Gasteiger partial charge in [-0.15, -0.1) is 17.1 Å². The van der Waals surface area contributed by atoms with Crippen molar-refractivity contribution in [1.82, 2.24) is 4.57 Å². The molecule has 0 atom stereocenters. The Morgan fingerprint density at radius 2 is 1.50 bits per heavy atom. The van der Waals surface area contributed by atoms with E-state index in [0.717, 1.165) is 87.0 Å². The Kier molecular flexibility index (Phi) is 9.36. The Labute approximate surface area is 256 Å². The van der Waals surface area contributed by atoms with Crippen LogP contribution in [0.25, 0.3) is 38.5 Å². The third kappa shape index (κ3) is 5.84. The average molecular weight is 590 g/mol. The molecule has 0 radical (unpaired) electrons. The van der Waals surface area contributed by atoms with Crippen molar-refractivity contribution >= 4 is 41.2 Å². The van der Waals surface area contributed by atoms with E-state index in [1.54, 1.807) is 0 Å². The lowest BCUT2D eigenvalue weighted by Gasteiger charge is -2.22. The summed E-state index contributed by atoms with van der Waals surface area (Å²) in [7, 11) is -1.62. The van der Waals surface area contributed by atoms with E-state index in [2.05, 4.69) is 118 Å². The second-order valence-corrected chi connectivity index (χ2v) is 16.6. The fraction of sp³-hybridized carbons (Fsp3) is 0.289. The summed E-state index contributed by atoms with van der Waals surface area (Å²) in [6.45, 7) is 8.90. The van der Waals surface area contributed by atoms with Gasteiger partial charge in [0.2, 0.25) is 0 Å². The fourth-order valence-corrected chi connectivity index (χ4v) is 8.70. The lowest BCUT2D eigenvalue weighted by atomic mass is 9.91. The van der Waals surface area contributed by atoms with Crippen molar-refractivity contribution in [3.8, 4) is 28.4 Å². The van der Waals surface area contributed by atoms with Crippen LogP contribution in [0.3, 0.4) is 0 Å². The summed E-state index contributed by atoms with van der Waals surface area (Å²) in [5.41, 5.74) is 9.89. The number of benzene rings is 4. The largest absolute Gasteiger partial charge is 0.276 e. The zero-order chi connectivity index (χ0) is 29.7. The van der Waals surface area contributed by atoms with Gasteiger partial charge in [0.1, 0.15) is 8.07 Å². The highest BCUT2D eigenvalue weighted by Gasteiger charge is 2.24. The maximum absolute atomic E-state index is 14.7. The second kappa shape index (κ2) is 13.2. The van der Waals surface area contributed by atoms with Crippen LogP contribution >= 0.6 is 11.6 Å². The summed E-state index contributed by atoms with van der Waals surface area (Å²) in [5.74, 6) is 4.13. The van der Waals surface area contributed by atoms with E-state index < -0.39 is 8.07 Å². The van der Waals surface area contributed by atoms with Crippen molar-refractivity contribution in [3.63, 3.8) is 0 Å². The number of rotatable bonds is 9. The Morgan fingerprint density at radius 3 is 2.21 bits per heavy atom. The number of unbranched alkanes of at least 4 members (excludes halogenated alkanes) is 1. The van der Waals surface area contributed by atoms with E-state index in [0.29, 0.717) is 5.88 Å². The Bertz CT molecular complexity index is 1820. The van der Waals surface area contributed by atoms with E-state index in [-0.39, 0.29) is 5.56 Å². The molecule has 0 bridgehead atoms.